The molecule has 7 nitrogen and oxygen atoms in total. The van der Waals surface area contributed by atoms with Crippen LogP contribution in [0.4, 0.5) is 8.78 Å². The van der Waals surface area contributed by atoms with Crippen LogP contribution in [0.5, 0.6) is 0 Å². The van der Waals surface area contributed by atoms with Crippen LogP contribution < -0.4 is 10.0 Å². The number of fused-ring (bicyclic) bond motifs is 1. The molecule has 1 aliphatic carbocycles. The second-order valence-corrected chi connectivity index (χ2v) is 8.00. The van der Waals surface area contributed by atoms with E-state index in [1.165, 1.54) is 18.2 Å². The molecule has 0 bridgehead atoms. The SMILES string of the molecule is O=C(O)CNC(=O)Cc1c(F)ccc2c1C=CC2NS(=O)(=O)c1ccc(F)cc1. The minimum atomic E-state index is -3.97. The molecule has 0 aromatic heterocycles. The molecule has 10 heteroatoms. The number of carboxylic acid groups (broad SMARTS) is 1. The summed E-state index contributed by atoms with van der Waals surface area (Å²) in [6.07, 6.45) is 2.60. The van der Waals surface area contributed by atoms with Crippen LogP contribution in [0.3, 0.4) is 0 Å². The fourth-order valence-electron chi connectivity index (χ4n) is 2.95. The van der Waals surface area contributed by atoms with Gasteiger partial charge in [-0.05, 0) is 41.5 Å². The van der Waals surface area contributed by atoms with Crippen LogP contribution in [-0.4, -0.2) is 31.9 Å². The molecule has 1 atom stereocenters. The fourth-order valence-corrected chi connectivity index (χ4v) is 4.12. The van der Waals surface area contributed by atoms with Gasteiger partial charge in [0.2, 0.25) is 15.9 Å². The Hall–Kier alpha value is -3.11. The maximum Gasteiger partial charge on any atom is 0.322 e. The van der Waals surface area contributed by atoms with Crippen molar-refractivity contribution in [3.05, 3.63) is 70.8 Å². The molecule has 1 amide bonds. The summed E-state index contributed by atoms with van der Waals surface area (Å²) < 4.78 is 54.8. The number of hydrogen-bond donors (Lipinski definition) is 3. The number of carboxylic acids is 1. The lowest BCUT2D eigenvalue weighted by molar-refractivity contribution is -0.137. The average molecular weight is 422 g/mol. The summed E-state index contributed by atoms with van der Waals surface area (Å²) in [7, 11) is -3.97. The quantitative estimate of drug-likeness (QED) is 0.629. The Morgan fingerprint density at radius 1 is 1.07 bits per heavy atom. The molecule has 29 heavy (non-hydrogen) atoms. The van der Waals surface area contributed by atoms with Gasteiger partial charge in [0.15, 0.2) is 0 Å². The number of nitrogens with one attached hydrogen (secondary N) is 2. The Balaban J connectivity index is 1.83. The number of rotatable bonds is 7. The van der Waals surface area contributed by atoms with E-state index < -0.39 is 52.5 Å². The zero-order valence-corrected chi connectivity index (χ0v) is 15.7. The third kappa shape index (κ3) is 4.66. The second kappa shape index (κ2) is 8.10. The van der Waals surface area contributed by atoms with Crippen LogP contribution in [0.1, 0.15) is 22.7 Å². The summed E-state index contributed by atoms with van der Waals surface area (Å²) in [5.41, 5.74) is 0.825. The van der Waals surface area contributed by atoms with Gasteiger partial charge in [0.25, 0.3) is 0 Å². The molecule has 0 radical (unpaired) electrons. The van der Waals surface area contributed by atoms with Gasteiger partial charge in [-0.3, -0.25) is 9.59 Å². The van der Waals surface area contributed by atoms with E-state index in [1.54, 1.807) is 0 Å². The van der Waals surface area contributed by atoms with Crippen LogP contribution in [0.25, 0.3) is 6.08 Å². The van der Waals surface area contributed by atoms with E-state index in [0.29, 0.717) is 11.1 Å². The first-order valence-electron chi connectivity index (χ1n) is 8.43. The highest BCUT2D eigenvalue weighted by Gasteiger charge is 2.27. The smallest absolute Gasteiger partial charge is 0.322 e. The van der Waals surface area contributed by atoms with Crippen LogP contribution in [0, 0.1) is 11.6 Å². The maximum absolute atomic E-state index is 14.3. The Morgan fingerprint density at radius 3 is 2.41 bits per heavy atom. The number of sulfonamides is 1. The minimum Gasteiger partial charge on any atom is -0.480 e. The van der Waals surface area contributed by atoms with Crippen LogP contribution in [0.2, 0.25) is 0 Å². The summed E-state index contributed by atoms with van der Waals surface area (Å²) in [6.45, 7) is -0.592. The molecule has 0 fully saturated rings. The molecule has 2 aromatic rings. The van der Waals surface area contributed by atoms with E-state index in [0.717, 1.165) is 30.3 Å². The van der Waals surface area contributed by atoms with Crippen molar-refractivity contribution < 1.29 is 31.9 Å². The van der Waals surface area contributed by atoms with E-state index in [1.807, 2.05) is 0 Å². The average Bonchev–Trinajstić information content (AvgIpc) is 3.05. The van der Waals surface area contributed by atoms with Crippen molar-refractivity contribution >= 4 is 28.0 Å². The minimum absolute atomic E-state index is 0.0325. The maximum atomic E-state index is 14.3. The predicted molar refractivity (Wildman–Crippen MR) is 99.2 cm³/mol. The van der Waals surface area contributed by atoms with Crippen LogP contribution in [0.15, 0.2) is 47.4 Å². The number of aliphatic carboxylic acids is 1. The lowest BCUT2D eigenvalue weighted by Gasteiger charge is -2.16. The van der Waals surface area contributed by atoms with Gasteiger partial charge in [-0.25, -0.2) is 17.2 Å². The molecule has 0 spiro atoms. The number of amides is 1. The van der Waals surface area contributed by atoms with Crippen LogP contribution >= 0.6 is 0 Å². The highest BCUT2D eigenvalue weighted by atomic mass is 32.2. The van der Waals surface area contributed by atoms with Crippen molar-refractivity contribution in [3.63, 3.8) is 0 Å². The summed E-state index contributed by atoms with van der Waals surface area (Å²) in [5, 5.41) is 10.8. The zero-order chi connectivity index (χ0) is 21.2. The first-order valence-corrected chi connectivity index (χ1v) is 9.91. The summed E-state index contributed by atoms with van der Waals surface area (Å²) in [6, 6.07) is 6.01. The highest BCUT2D eigenvalue weighted by Crippen LogP contribution is 2.33. The van der Waals surface area contributed by atoms with Gasteiger partial charge >= 0.3 is 5.97 Å². The van der Waals surface area contributed by atoms with Crippen molar-refractivity contribution in [1.82, 2.24) is 10.0 Å². The molecule has 0 aliphatic heterocycles. The van der Waals surface area contributed by atoms with Gasteiger partial charge in [0.05, 0.1) is 17.4 Å². The number of halogens is 2. The fraction of sp³-hybridized carbons (Fsp3) is 0.158. The first kappa shape index (κ1) is 20.6. The highest BCUT2D eigenvalue weighted by molar-refractivity contribution is 7.89. The van der Waals surface area contributed by atoms with E-state index in [9.17, 15) is 26.8 Å². The Bertz CT molecular complexity index is 1100. The van der Waals surface area contributed by atoms with Gasteiger partial charge in [-0.15, -0.1) is 0 Å². The lowest BCUT2D eigenvalue weighted by Crippen LogP contribution is -2.31. The van der Waals surface area contributed by atoms with Crippen molar-refractivity contribution in [2.75, 3.05) is 6.54 Å². The van der Waals surface area contributed by atoms with E-state index in [4.69, 9.17) is 5.11 Å². The molecule has 3 N–H and O–H groups in total. The second-order valence-electron chi connectivity index (χ2n) is 6.29. The normalized spacial score (nSPS) is 15.2. The molecular formula is C19H16F2N2O5S. The number of benzene rings is 2. The van der Waals surface area contributed by atoms with Gasteiger partial charge in [0, 0.05) is 5.56 Å². The molecule has 2 aromatic carbocycles. The first-order chi connectivity index (χ1) is 13.7. The molecular weight excluding hydrogens is 406 g/mol. The summed E-state index contributed by atoms with van der Waals surface area (Å²) in [5.74, 6) is -3.15. The Morgan fingerprint density at radius 2 is 1.76 bits per heavy atom. The molecule has 1 unspecified atom stereocenters. The third-order valence-electron chi connectivity index (χ3n) is 4.30. The number of hydrogen-bond acceptors (Lipinski definition) is 4. The molecule has 1 aliphatic rings. The monoisotopic (exact) mass is 422 g/mol. The Kier molecular flexibility index (Phi) is 5.76. The summed E-state index contributed by atoms with van der Waals surface area (Å²) in [4.78, 5) is 22.3. The third-order valence-corrected chi connectivity index (χ3v) is 5.76. The van der Waals surface area contributed by atoms with E-state index >= 15 is 0 Å². The van der Waals surface area contributed by atoms with E-state index in [2.05, 4.69) is 10.0 Å². The molecule has 152 valence electrons. The van der Waals surface area contributed by atoms with Crippen molar-refractivity contribution in [1.29, 1.82) is 0 Å². The summed E-state index contributed by atoms with van der Waals surface area (Å²) >= 11 is 0. The molecule has 0 heterocycles. The molecule has 0 saturated heterocycles. The van der Waals surface area contributed by atoms with E-state index in [-0.39, 0.29) is 10.5 Å². The van der Waals surface area contributed by atoms with Gasteiger partial charge < -0.3 is 10.4 Å². The van der Waals surface area contributed by atoms with Crippen molar-refractivity contribution in [2.24, 2.45) is 0 Å². The van der Waals surface area contributed by atoms with Crippen molar-refractivity contribution in [2.45, 2.75) is 17.4 Å². The molecule has 3 rings (SSSR count). The molecule has 0 saturated carbocycles. The lowest BCUT2D eigenvalue weighted by atomic mass is 9.98. The zero-order valence-electron chi connectivity index (χ0n) is 14.9. The standard InChI is InChI=1S/C19H16F2N2O5S/c20-11-1-3-12(4-2-11)29(27,28)23-17-8-6-13-14(17)5-7-16(21)15(13)9-18(24)22-10-19(25)26/h1-8,17,23H,9-10H2,(H,22,24)(H,25,26). The van der Waals surface area contributed by atoms with Gasteiger partial charge in [0.1, 0.15) is 18.2 Å². The van der Waals surface area contributed by atoms with Gasteiger partial charge in [-0.1, -0.05) is 18.2 Å². The van der Waals surface area contributed by atoms with Crippen molar-refractivity contribution in [3.8, 4) is 0 Å². The van der Waals surface area contributed by atoms with Crippen LogP contribution in [-0.2, 0) is 26.0 Å². The predicted octanol–water partition coefficient (Wildman–Crippen LogP) is 1.75. The Labute approximate surface area is 165 Å². The van der Waals surface area contributed by atoms with Gasteiger partial charge in [-0.2, -0.15) is 4.72 Å². The largest absolute Gasteiger partial charge is 0.480 e. The number of carbonyl (C=O) groups is 2. The number of carbonyl (C=O) groups excluding carboxylic acids is 1. The topological polar surface area (TPSA) is 113 Å².